The summed E-state index contributed by atoms with van der Waals surface area (Å²) in [7, 11) is -2.19. The van der Waals surface area contributed by atoms with Gasteiger partial charge in [-0.05, 0) is 55.0 Å². The quantitative estimate of drug-likeness (QED) is 0.664. The van der Waals surface area contributed by atoms with Crippen molar-refractivity contribution in [2.75, 3.05) is 11.4 Å². The number of nitrogens with zero attached hydrogens (tertiary/aromatic N) is 2. The van der Waals surface area contributed by atoms with Crippen molar-refractivity contribution in [1.29, 1.82) is 0 Å². The number of aryl methyl sites for hydroxylation is 1. The van der Waals surface area contributed by atoms with Crippen LogP contribution in [0.1, 0.15) is 11.1 Å². The lowest BCUT2D eigenvalue weighted by Crippen LogP contribution is -2.30. The second-order valence-corrected chi connectivity index (χ2v) is 7.75. The van der Waals surface area contributed by atoms with Gasteiger partial charge in [-0.3, -0.25) is 9.29 Å². The van der Waals surface area contributed by atoms with Crippen LogP contribution in [0, 0.1) is 6.92 Å². The summed E-state index contributed by atoms with van der Waals surface area (Å²) in [6.45, 7) is 2.17. The average molecular weight is 368 g/mol. The van der Waals surface area contributed by atoms with Gasteiger partial charge in [-0.15, -0.1) is 0 Å². The summed E-state index contributed by atoms with van der Waals surface area (Å²) >= 11 is 0. The zero-order valence-corrected chi connectivity index (χ0v) is 15.5. The molecule has 3 aromatic rings. The molecule has 1 heterocycles. The van der Waals surface area contributed by atoms with E-state index < -0.39 is 10.0 Å². The Morgan fingerprint density at radius 3 is 2.27 bits per heavy atom. The molecule has 2 aromatic carbocycles. The Balaban J connectivity index is 2.04. The van der Waals surface area contributed by atoms with E-state index in [1.807, 2.05) is 37.3 Å². The molecule has 0 fully saturated rings. The molecule has 5 nitrogen and oxygen atoms in total. The van der Waals surface area contributed by atoms with Crippen molar-refractivity contribution in [3.8, 4) is 5.75 Å². The van der Waals surface area contributed by atoms with E-state index in [0.717, 1.165) is 11.1 Å². The first-order valence-electron chi connectivity index (χ1n) is 8.13. The average Bonchev–Trinajstić information content (AvgIpc) is 2.68. The van der Waals surface area contributed by atoms with Gasteiger partial charge in [0.25, 0.3) is 10.0 Å². The highest BCUT2D eigenvalue weighted by Crippen LogP contribution is 2.27. The summed E-state index contributed by atoms with van der Waals surface area (Å²) in [5.41, 5.74) is 2.48. The monoisotopic (exact) mass is 368 g/mol. The van der Waals surface area contributed by atoms with E-state index in [-0.39, 0.29) is 11.4 Å². The molecule has 0 aliphatic carbocycles. The van der Waals surface area contributed by atoms with Crippen molar-refractivity contribution in [1.82, 2.24) is 4.98 Å². The lowest BCUT2D eigenvalue weighted by molar-refractivity contribution is 0.414. The molecular weight excluding hydrogens is 348 g/mol. The highest BCUT2D eigenvalue weighted by Gasteiger charge is 2.25. The molecule has 0 saturated heterocycles. The van der Waals surface area contributed by atoms with Crippen LogP contribution in [-0.2, 0) is 16.6 Å². The number of methoxy groups -OCH3 is 1. The zero-order chi connectivity index (χ0) is 18.6. The van der Waals surface area contributed by atoms with Crippen LogP contribution in [0.3, 0.4) is 0 Å². The number of anilines is 1. The SMILES string of the molecule is COc1ccc(S(=O)(=O)N(Cc2cccnc2)c2ccc(C)cc2)cc1. The van der Waals surface area contributed by atoms with Crippen molar-refractivity contribution in [2.45, 2.75) is 18.4 Å². The van der Waals surface area contributed by atoms with E-state index in [9.17, 15) is 8.42 Å². The van der Waals surface area contributed by atoms with Crippen LogP contribution in [0.4, 0.5) is 5.69 Å². The maximum absolute atomic E-state index is 13.3. The van der Waals surface area contributed by atoms with E-state index >= 15 is 0 Å². The Hall–Kier alpha value is -2.86. The van der Waals surface area contributed by atoms with Gasteiger partial charge in [0.1, 0.15) is 5.75 Å². The molecular formula is C20H20N2O3S. The number of pyridine rings is 1. The Labute approximate surface area is 153 Å². The summed E-state index contributed by atoms with van der Waals surface area (Å²) in [6.07, 6.45) is 3.34. The smallest absolute Gasteiger partial charge is 0.264 e. The van der Waals surface area contributed by atoms with E-state index in [1.165, 1.54) is 4.31 Å². The van der Waals surface area contributed by atoms with Crippen LogP contribution in [0.25, 0.3) is 0 Å². The molecule has 0 bridgehead atoms. The van der Waals surface area contributed by atoms with Crippen LogP contribution in [0.5, 0.6) is 5.75 Å². The summed E-state index contributed by atoms with van der Waals surface area (Å²) < 4.78 is 33.1. The molecule has 0 N–H and O–H groups in total. The molecule has 0 aliphatic heterocycles. The fourth-order valence-electron chi connectivity index (χ4n) is 2.56. The third-order valence-electron chi connectivity index (χ3n) is 4.02. The normalized spacial score (nSPS) is 11.2. The van der Waals surface area contributed by atoms with E-state index in [1.54, 1.807) is 49.8 Å². The van der Waals surface area contributed by atoms with Gasteiger partial charge in [-0.1, -0.05) is 23.8 Å². The second-order valence-electron chi connectivity index (χ2n) is 5.88. The minimum absolute atomic E-state index is 0.200. The molecule has 0 unspecified atom stereocenters. The first-order chi connectivity index (χ1) is 12.5. The molecule has 26 heavy (non-hydrogen) atoms. The minimum Gasteiger partial charge on any atom is -0.497 e. The number of rotatable bonds is 6. The maximum Gasteiger partial charge on any atom is 0.264 e. The van der Waals surface area contributed by atoms with Crippen LogP contribution >= 0.6 is 0 Å². The van der Waals surface area contributed by atoms with Gasteiger partial charge < -0.3 is 4.74 Å². The Bertz CT molecular complexity index is 954. The first-order valence-corrected chi connectivity index (χ1v) is 9.57. The van der Waals surface area contributed by atoms with E-state index in [2.05, 4.69) is 4.98 Å². The number of hydrogen-bond acceptors (Lipinski definition) is 4. The molecule has 0 radical (unpaired) electrons. The largest absolute Gasteiger partial charge is 0.497 e. The van der Waals surface area contributed by atoms with Gasteiger partial charge in [-0.25, -0.2) is 8.42 Å². The number of aromatic nitrogens is 1. The van der Waals surface area contributed by atoms with Crippen LogP contribution in [-0.4, -0.2) is 20.5 Å². The van der Waals surface area contributed by atoms with Crippen molar-refractivity contribution in [2.24, 2.45) is 0 Å². The molecule has 0 amide bonds. The number of ether oxygens (including phenoxy) is 1. The minimum atomic E-state index is -3.74. The van der Waals surface area contributed by atoms with Crippen LogP contribution < -0.4 is 9.04 Å². The highest BCUT2D eigenvalue weighted by atomic mass is 32.2. The van der Waals surface area contributed by atoms with Crippen LogP contribution in [0.15, 0.2) is 78.0 Å². The molecule has 134 valence electrons. The summed E-state index contributed by atoms with van der Waals surface area (Å²) in [4.78, 5) is 4.30. The predicted octanol–water partition coefficient (Wildman–Crippen LogP) is 3.79. The second kappa shape index (κ2) is 7.58. The molecule has 1 aromatic heterocycles. The third-order valence-corrected chi connectivity index (χ3v) is 5.81. The Kier molecular flexibility index (Phi) is 5.23. The molecule has 6 heteroatoms. The van der Waals surface area contributed by atoms with Gasteiger partial charge >= 0.3 is 0 Å². The summed E-state index contributed by atoms with van der Waals surface area (Å²) in [5, 5.41) is 0. The van der Waals surface area contributed by atoms with E-state index in [0.29, 0.717) is 11.4 Å². The standard InChI is InChI=1S/C20H20N2O3S/c1-16-5-7-18(8-6-16)22(15-17-4-3-13-21-14-17)26(23,24)20-11-9-19(25-2)10-12-20/h3-14H,15H2,1-2H3. The number of sulfonamides is 1. The molecule has 0 atom stereocenters. The summed E-state index contributed by atoms with van der Waals surface area (Å²) in [6, 6.07) is 17.5. The van der Waals surface area contributed by atoms with Crippen molar-refractivity contribution >= 4 is 15.7 Å². The predicted molar refractivity (Wildman–Crippen MR) is 102 cm³/mol. The third kappa shape index (κ3) is 3.86. The van der Waals surface area contributed by atoms with Crippen LogP contribution in [0.2, 0.25) is 0 Å². The Morgan fingerprint density at radius 2 is 1.69 bits per heavy atom. The maximum atomic E-state index is 13.3. The number of benzene rings is 2. The van der Waals surface area contributed by atoms with Crippen molar-refractivity contribution in [3.63, 3.8) is 0 Å². The lowest BCUT2D eigenvalue weighted by Gasteiger charge is -2.25. The molecule has 0 aliphatic rings. The fraction of sp³-hybridized carbons (Fsp3) is 0.150. The Morgan fingerprint density at radius 1 is 1.00 bits per heavy atom. The first kappa shape index (κ1) is 17.9. The molecule has 3 rings (SSSR count). The zero-order valence-electron chi connectivity index (χ0n) is 14.7. The lowest BCUT2D eigenvalue weighted by atomic mass is 10.2. The highest BCUT2D eigenvalue weighted by molar-refractivity contribution is 7.92. The van der Waals surface area contributed by atoms with Gasteiger partial charge in [0, 0.05) is 12.4 Å². The number of hydrogen-bond donors (Lipinski definition) is 0. The van der Waals surface area contributed by atoms with Crippen molar-refractivity contribution < 1.29 is 13.2 Å². The molecule has 0 saturated carbocycles. The molecule has 0 spiro atoms. The topological polar surface area (TPSA) is 59.5 Å². The van der Waals surface area contributed by atoms with E-state index in [4.69, 9.17) is 4.74 Å². The van der Waals surface area contributed by atoms with Gasteiger partial charge in [-0.2, -0.15) is 0 Å². The van der Waals surface area contributed by atoms with Crippen molar-refractivity contribution in [3.05, 3.63) is 84.2 Å². The van der Waals surface area contributed by atoms with Gasteiger partial charge in [0.05, 0.1) is 24.2 Å². The van der Waals surface area contributed by atoms with Gasteiger partial charge in [0.15, 0.2) is 0 Å². The fourth-order valence-corrected chi connectivity index (χ4v) is 4.01. The van der Waals surface area contributed by atoms with Gasteiger partial charge in [0.2, 0.25) is 0 Å². The summed E-state index contributed by atoms with van der Waals surface area (Å²) in [5.74, 6) is 0.609.